The van der Waals surface area contributed by atoms with Gasteiger partial charge in [-0.2, -0.15) is 0 Å². The van der Waals surface area contributed by atoms with Gasteiger partial charge in [0.25, 0.3) is 0 Å². The predicted molar refractivity (Wildman–Crippen MR) is 80.5 cm³/mol. The van der Waals surface area contributed by atoms with Crippen molar-refractivity contribution in [3.05, 3.63) is 35.4 Å². The number of hydrogen-bond acceptors (Lipinski definition) is 3. The van der Waals surface area contributed by atoms with Crippen LogP contribution in [0.4, 0.5) is 0 Å². The van der Waals surface area contributed by atoms with Gasteiger partial charge < -0.3 is 4.74 Å². The minimum absolute atomic E-state index is 0.0501. The molecule has 1 aromatic carbocycles. The third-order valence-electron chi connectivity index (χ3n) is 4.17. The summed E-state index contributed by atoms with van der Waals surface area (Å²) in [7, 11) is 1.48. The van der Waals surface area contributed by atoms with E-state index in [0.717, 1.165) is 32.5 Å². The van der Waals surface area contributed by atoms with E-state index in [4.69, 9.17) is 4.74 Å². The van der Waals surface area contributed by atoms with Crippen LogP contribution in [0, 0.1) is 5.92 Å². The summed E-state index contributed by atoms with van der Waals surface area (Å²) in [6.45, 7) is 7.36. The molecule has 0 bridgehead atoms. The Morgan fingerprint density at radius 3 is 2.35 bits per heavy atom. The van der Waals surface area contributed by atoms with Crippen molar-refractivity contribution in [2.75, 3.05) is 20.2 Å². The fraction of sp³-hybridized carbons (Fsp3) is 0.588. The van der Waals surface area contributed by atoms with E-state index in [0.29, 0.717) is 5.92 Å². The molecule has 0 unspecified atom stereocenters. The van der Waals surface area contributed by atoms with Gasteiger partial charge in [-0.05, 0) is 43.0 Å². The highest BCUT2D eigenvalue weighted by molar-refractivity contribution is 5.72. The van der Waals surface area contributed by atoms with Crippen LogP contribution in [0.15, 0.2) is 24.3 Å². The van der Waals surface area contributed by atoms with E-state index in [1.54, 1.807) is 0 Å². The van der Waals surface area contributed by atoms with Crippen LogP contribution in [-0.2, 0) is 16.1 Å². The summed E-state index contributed by atoms with van der Waals surface area (Å²) in [5, 5.41) is 0. The summed E-state index contributed by atoms with van der Waals surface area (Å²) in [4.78, 5) is 13.9. The van der Waals surface area contributed by atoms with Gasteiger partial charge >= 0.3 is 5.97 Å². The molecule has 3 heteroatoms. The Kier molecular flexibility index (Phi) is 5.18. The first-order valence-corrected chi connectivity index (χ1v) is 7.49. The van der Waals surface area contributed by atoms with E-state index in [2.05, 4.69) is 43.0 Å². The molecule has 0 spiro atoms. The number of esters is 1. The topological polar surface area (TPSA) is 29.5 Å². The lowest BCUT2D eigenvalue weighted by atomic mass is 9.96. The summed E-state index contributed by atoms with van der Waals surface area (Å²) >= 11 is 0. The maximum atomic E-state index is 11.5. The Hall–Kier alpha value is -1.35. The van der Waals surface area contributed by atoms with E-state index in [-0.39, 0.29) is 11.9 Å². The summed E-state index contributed by atoms with van der Waals surface area (Å²) in [5.41, 5.74) is 2.74. The van der Waals surface area contributed by atoms with Crippen LogP contribution in [0.3, 0.4) is 0 Å². The molecule has 0 N–H and O–H groups in total. The van der Waals surface area contributed by atoms with Gasteiger partial charge in [0.1, 0.15) is 0 Å². The number of piperidine rings is 1. The average Bonchev–Trinajstić information content (AvgIpc) is 2.48. The van der Waals surface area contributed by atoms with Crippen molar-refractivity contribution < 1.29 is 9.53 Å². The van der Waals surface area contributed by atoms with E-state index in [9.17, 15) is 4.79 Å². The number of methoxy groups -OCH3 is 1. The molecule has 3 nitrogen and oxygen atoms in total. The van der Waals surface area contributed by atoms with E-state index in [1.165, 1.54) is 18.2 Å². The number of likely N-dealkylation sites (tertiary alicyclic amines) is 1. The average molecular weight is 275 g/mol. The Morgan fingerprint density at radius 2 is 1.85 bits per heavy atom. The second-order valence-corrected chi connectivity index (χ2v) is 5.97. The second kappa shape index (κ2) is 6.89. The second-order valence-electron chi connectivity index (χ2n) is 5.97. The Balaban J connectivity index is 1.84. The molecule has 1 heterocycles. The normalized spacial score (nSPS) is 17.4. The maximum Gasteiger partial charge on any atom is 0.308 e. The SMILES string of the molecule is COC(=O)C1CCN(Cc2ccc(C(C)C)cc2)CC1. The molecule has 0 aliphatic carbocycles. The number of benzene rings is 1. The van der Waals surface area contributed by atoms with Crippen molar-refractivity contribution in [1.82, 2.24) is 4.90 Å². The molecule has 1 aliphatic heterocycles. The van der Waals surface area contributed by atoms with Gasteiger partial charge in [-0.25, -0.2) is 0 Å². The maximum absolute atomic E-state index is 11.5. The van der Waals surface area contributed by atoms with Gasteiger partial charge in [0.2, 0.25) is 0 Å². The van der Waals surface area contributed by atoms with Crippen LogP contribution in [0.25, 0.3) is 0 Å². The Labute approximate surface area is 121 Å². The van der Waals surface area contributed by atoms with Crippen molar-refractivity contribution in [3.8, 4) is 0 Å². The quantitative estimate of drug-likeness (QED) is 0.790. The van der Waals surface area contributed by atoms with Crippen LogP contribution >= 0.6 is 0 Å². The Bertz CT molecular complexity index is 431. The van der Waals surface area contributed by atoms with Gasteiger partial charge in [-0.15, -0.1) is 0 Å². The minimum atomic E-state index is -0.0501. The first kappa shape index (κ1) is 15.0. The number of rotatable bonds is 4. The molecule has 2 rings (SSSR count). The van der Waals surface area contributed by atoms with Crippen LogP contribution in [0.2, 0.25) is 0 Å². The molecule has 0 radical (unpaired) electrons. The van der Waals surface area contributed by atoms with Crippen molar-refractivity contribution in [2.45, 2.75) is 39.2 Å². The molecule has 0 saturated carbocycles. The Morgan fingerprint density at radius 1 is 1.25 bits per heavy atom. The number of hydrogen-bond donors (Lipinski definition) is 0. The van der Waals surface area contributed by atoms with Gasteiger partial charge in [0.15, 0.2) is 0 Å². The predicted octanol–water partition coefficient (Wildman–Crippen LogP) is 3.20. The van der Waals surface area contributed by atoms with Crippen LogP contribution in [0.5, 0.6) is 0 Å². The summed E-state index contributed by atoms with van der Waals surface area (Å²) in [5.74, 6) is 0.630. The lowest BCUT2D eigenvalue weighted by Crippen LogP contribution is -2.36. The zero-order valence-corrected chi connectivity index (χ0v) is 12.8. The van der Waals surface area contributed by atoms with E-state index in [1.807, 2.05) is 0 Å². The highest BCUT2D eigenvalue weighted by atomic mass is 16.5. The number of ether oxygens (including phenoxy) is 1. The van der Waals surface area contributed by atoms with Crippen LogP contribution in [0.1, 0.15) is 43.7 Å². The first-order valence-electron chi connectivity index (χ1n) is 7.49. The lowest BCUT2D eigenvalue weighted by Gasteiger charge is -2.30. The molecule has 0 atom stereocenters. The van der Waals surface area contributed by atoms with Crippen LogP contribution in [-0.4, -0.2) is 31.1 Å². The number of nitrogens with zero attached hydrogens (tertiary/aromatic N) is 1. The van der Waals surface area contributed by atoms with Gasteiger partial charge in [-0.1, -0.05) is 38.1 Å². The van der Waals surface area contributed by atoms with Crippen molar-refractivity contribution in [2.24, 2.45) is 5.92 Å². The molecule has 110 valence electrons. The van der Waals surface area contributed by atoms with Crippen molar-refractivity contribution >= 4 is 5.97 Å². The molecule has 0 aromatic heterocycles. The molecule has 1 fully saturated rings. The van der Waals surface area contributed by atoms with Gasteiger partial charge in [0, 0.05) is 6.54 Å². The molecule has 1 aromatic rings. The molecule has 1 aliphatic rings. The highest BCUT2D eigenvalue weighted by Gasteiger charge is 2.25. The van der Waals surface area contributed by atoms with Crippen molar-refractivity contribution in [3.63, 3.8) is 0 Å². The summed E-state index contributed by atoms with van der Waals surface area (Å²) in [6.07, 6.45) is 1.83. The number of carbonyl (C=O) groups excluding carboxylic acids is 1. The molecule has 1 saturated heterocycles. The highest BCUT2D eigenvalue weighted by Crippen LogP contribution is 2.21. The standard InChI is InChI=1S/C17H25NO2/c1-13(2)15-6-4-14(5-7-15)12-18-10-8-16(9-11-18)17(19)20-3/h4-7,13,16H,8-12H2,1-3H3. The van der Waals surface area contributed by atoms with E-state index >= 15 is 0 Å². The zero-order chi connectivity index (χ0) is 14.5. The number of carbonyl (C=O) groups is 1. The molecule has 0 amide bonds. The minimum Gasteiger partial charge on any atom is -0.469 e. The van der Waals surface area contributed by atoms with Gasteiger partial charge in [0.05, 0.1) is 13.0 Å². The first-order chi connectivity index (χ1) is 9.60. The van der Waals surface area contributed by atoms with Crippen molar-refractivity contribution in [1.29, 1.82) is 0 Å². The zero-order valence-electron chi connectivity index (χ0n) is 12.8. The third-order valence-corrected chi connectivity index (χ3v) is 4.17. The third kappa shape index (κ3) is 3.83. The largest absolute Gasteiger partial charge is 0.469 e. The van der Waals surface area contributed by atoms with Crippen LogP contribution < -0.4 is 0 Å². The fourth-order valence-corrected chi connectivity index (χ4v) is 2.76. The fourth-order valence-electron chi connectivity index (χ4n) is 2.76. The summed E-state index contributed by atoms with van der Waals surface area (Å²) < 4.78 is 4.82. The molecular formula is C17H25NO2. The lowest BCUT2D eigenvalue weighted by molar-refractivity contribution is -0.147. The van der Waals surface area contributed by atoms with Gasteiger partial charge in [-0.3, -0.25) is 9.69 Å². The van der Waals surface area contributed by atoms with E-state index < -0.39 is 0 Å². The monoisotopic (exact) mass is 275 g/mol. The smallest absolute Gasteiger partial charge is 0.308 e. The molecule has 20 heavy (non-hydrogen) atoms. The summed E-state index contributed by atoms with van der Waals surface area (Å²) in [6, 6.07) is 8.89. The molecular weight excluding hydrogens is 250 g/mol.